The average Bonchev–Trinajstić information content (AvgIpc) is 3.40. The van der Waals surface area contributed by atoms with Gasteiger partial charge in [0.2, 0.25) is 0 Å². The van der Waals surface area contributed by atoms with E-state index in [0.717, 1.165) is 33.7 Å². The molecule has 6 heteroatoms. The Morgan fingerprint density at radius 1 is 0.897 bits per heavy atom. The van der Waals surface area contributed by atoms with Crippen LogP contribution in [-0.4, -0.2) is 32.0 Å². The first-order valence-electron chi connectivity index (χ1n) is 10.5. The molecule has 2 N–H and O–H groups in total. The van der Waals surface area contributed by atoms with Crippen molar-refractivity contribution in [1.82, 2.24) is 25.0 Å². The predicted octanol–water partition coefficient (Wildman–Crippen LogP) is 5.58. The van der Waals surface area contributed by atoms with E-state index in [1.807, 2.05) is 60.5 Å². The Bertz CT molecular complexity index is 998. The first-order chi connectivity index (χ1) is 14.4. The lowest BCUT2D eigenvalue weighted by molar-refractivity contribution is 0.702. The van der Waals surface area contributed by atoms with E-state index in [4.69, 9.17) is 0 Å². The van der Waals surface area contributed by atoms with E-state index in [1.165, 1.54) is 44.9 Å². The number of hydrogen-bond acceptors (Lipinski definition) is 4. The highest BCUT2D eigenvalue weighted by Crippen LogP contribution is 2.30. The summed E-state index contributed by atoms with van der Waals surface area (Å²) in [6.07, 6.45) is 16.1. The summed E-state index contributed by atoms with van der Waals surface area (Å²) in [6.45, 7) is 0. The first kappa shape index (κ1) is 19.2. The lowest BCUT2D eigenvalue weighted by Gasteiger charge is -2.08. The third-order valence-electron chi connectivity index (χ3n) is 5.40. The van der Waals surface area contributed by atoms with Crippen LogP contribution in [0, 0.1) is 0 Å². The summed E-state index contributed by atoms with van der Waals surface area (Å²) in [5.41, 5.74) is 3.91. The Morgan fingerprint density at radius 2 is 1.66 bits per heavy atom. The fraction of sp³-hybridized carbons (Fsp3) is 0.348. The minimum Gasteiger partial charge on any atom is -0.372 e. The molecule has 1 aliphatic carbocycles. The average molecular weight is 389 g/mol. The molecule has 6 nitrogen and oxygen atoms in total. The molecule has 1 saturated carbocycles. The maximum atomic E-state index is 4.31. The van der Waals surface area contributed by atoms with Crippen molar-refractivity contribution in [3.05, 3.63) is 55.0 Å². The van der Waals surface area contributed by atoms with Gasteiger partial charge < -0.3 is 10.3 Å². The zero-order valence-corrected chi connectivity index (χ0v) is 16.9. The van der Waals surface area contributed by atoms with Crippen molar-refractivity contribution < 1.29 is 0 Å². The topological polar surface area (TPSA) is 71.4 Å². The van der Waals surface area contributed by atoms with E-state index in [0.29, 0.717) is 0 Å². The van der Waals surface area contributed by atoms with E-state index < -0.39 is 0 Å². The number of hydrogen-bond donors (Lipinski definition) is 2. The molecule has 0 radical (unpaired) electrons. The summed E-state index contributed by atoms with van der Waals surface area (Å²) in [6, 6.07) is 11.9. The number of nitrogens with zero attached hydrogens (tertiary/aromatic N) is 4. The molecule has 0 atom stereocenters. The predicted molar refractivity (Wildman–Crippen MR) is 118 cm³/mol. The van der Waals surface area contributed by atoms with E-state index in [1.54, 1.807) is 6.20 Å². The van der Waals surface area contributed by atoms with Crippen LogP contribution in [0.4, 0.5) is 5.82 Å². The van der Waals surface area contributed by atoms with Gasteiger partial charge >= 0.3 is 0 Å². The second kappa shape index (κ2) is 9.37. The van der Waals surface area contributed by atoms with Gasteiger partial charge in [-0.1, -0.05) is 44.9 Å². The molecule has 0 saturated heterocycles. The molecule has 5 rings (SSSR count). The van der Waals surface area contributed by atoms with Gasteiger partial charge in [-0.15, -0.1) is 10.2 Å². The number of nitrogens with one attached hydrogen (secondary N) is 2. The van der Waals surface area contributed by atoms with Crippen molar-refractivity contribution in [2.45, 2.75) is 44.9 Å². The Balaban J connectivity index is 0.000000249. The fourth-order valence-electron chi connectivity index (χ4n) is 3.81. The van der Waals surface area contributed by atoms with Crippen LogP contribution in [0.3, 0.4) is 0 Å². The van der Waals surface area contributed by atoms with Gasteiger partial charge in [0.15, 0.2) is 0 Å². The molecule has 0 unspecified atom stereocenters. The second-order valence-corrected chi connectivity index (χ2v) is 7.38. The monoisotopic (exact) mass is 388 g/mol. The van der Waals surface area contributed by atoms with Crippen molar-refractivity contribution in [1.29, 1.82) is 0 Å². The molecule has 1 aliphatic rings. The largest absolute Gasteiger partial charge is 0.372 e. The van der Waals surface area contributed by atoms with Gasteiger partial charge in [0, 0.05) is 36.6 Å². The Labute approximate surface area is 171 Å². The van der Waals surface area contributed by atoms with Crippen LogP contribution in [0.1, 0.15) is 44.9 Å². The highest BCUT2D eigenvalue weighted by molar-refractivity contribution is 5.98. The van der Waals surface area contributed by atoms with Gasteiger partial charge in [-0.05, 0) is 36.4 Å². The SMILES string of the molecule is C1CCCCCC1.CNc1ccc(-c2ccc(-n3cccn3)c3cc[nH]c23)nn1. The number of H-pyrrole nitrogens is 1. The summed E-state index contributed by atoms with van der Waals surface area (Å²) in [4.78, 5) is 3.29. The van der Waals surface area contributed by atoms with Crippen LogP contribution in [-0.2, 0) is 0 Å². The highest BCUT2D eigenvalue weighted by Gasteiger charge is 2.11. The van der Waals surface area contributed by atoms with Gasteiger partial charge in [-0.2, -0.15) is 5.10 Å². The molecule has 0 bridgehead atoms. The van der Waals surface area contributed by atoms with E-state index >= 15 is 0 Å². The van der Waals surface area contributed by atoms with Crippen LogP contribution >= 0.6 is 0 Å². The highest BCUT2D eigenvalue weighted by atomic mass is 15.3. The number of aromatic nitrogens is 5. The first-order valence-corrected chi connectivity index (χ1v) is 10.5. The van der Waals surface area contributed by atoms with Crippen molar-refractivity contribution in [3.8, 4) is 16.9 Å². The van der Waals surface area contributed by atoms with Crippen LogP contribution in [0.15, 0.2) is 55.0 Å². The number of aromatic amines is 1. The lowest BCUT2D eigenvalue weighted by Crippen LogP contribution is -1.97. The minimum absolute atomic E-state index is 0.750. The summed E-state index contributed by atoms with van der Waals surface area (Å²) in [5.74, 6) is 0.750. The van der Waals surface area contributed by atoms with Crippen LogP contribution in [0.25, 0.3) is 27.8 Å². The van der Waals surface area contributed by atoms with Crippen LogP contribution in [0.2, 0.25) is 0 Å². The molecular formula is C23H28N6. The standard InChI is InChI=1S/C16H14N6.C7H14/c1-17-15-6-4-13(20-21-15)11-3-5-14(22-10-2-8-19-22)12-7-9-18-16(11)12;1-2-4-6-7-5-3-1/h2-10,18H,1H3,(H,17,21);1-7H2. The molecule has 1 fully saturated rings. The molecule has 1 aromatic carbocycles. The smallest absolute Gasteiger partial charge is 0.148 e. The van der Waals surface area contributed by atoms with Crippen molar-refractivity contribution in [3.63, 3.8) is 0 Å². The summed E-state index contributed by atoms with van der Waals surface area (Å²) in [5, 5.41) is 16.8. The molecule has 0 spiro atoms. The zero-order valence-electron chi connectivity index (χ0n) is 16.9. The van der Waals surface area contributed by atoms with Gasteiger partial charge in [-0.3, -0.25) is 0 Å². The molecule has 4 aromatic rings. The number of rotatable bonds is 3. The Kier molecular flexibility index (Phi) is 6.19. The van der Waals surface area contributed by atoms with Crippen molar-refractivity contribution in [2.24, 2.45) is 0 Å². The van der Waals surface area contributed by atoms with E-state index in [-0.39, 0.29) is 0 Å². The summed E-state index contributed by atoms with van der Waals surface area (Å²) >= 11 is 0. The van der Waals surface area contributed by atoms with Gasteiger partial charge in [0.05, 0.1) is 16.9 Å². The molecular weight excluding hydrogens is 360 g/mol. The van der Waals surface area contributed by atoms with Crippen molar-refractivity contribution in [2.75, 3.05) is 12.4 Å². The van der Waals surface area contributed by atoms with Gasteiger partial charge in [-0.25, -0.2) is 4.68 Å². The molecule has 3 heterocycles. The molecule has 29 heavy (non-hydrogen) atoms. The summed E-state index contributed by atoms with van der Waals surface area (Å²) < 4.78 is 1.86. The number of fused-ring (bicyclic) bond motifs is 1. The van der Waals surface area contributed by atoms with Crippen molar-refractivity contribution >= 4 is 16.7 Å². The maximum Gasteiger partial charge on any atom is 0.148 e. The van der Waals surface area contributed by atoms with Crippen LogP contribution < -0.4 is 5.32 Å². The molecule has 0 aliphatic heterocycles. The van der Waals surface area contributed by atoms with Gasteiger partial charge in [0.25, 0.3) is 0 Å². The third-order valence-corrected chi connectivity index (χ3v) is 5.40. The molecule has 0 amide bonds. The number of benzene rings is 1. The van der Waals surface area contributed by atoms with Crippen LogP contribution in [0.5, 0.6) is 0 Å². The molecule has 3 aromatic heterocycles. The normalized spacial score (nSPS) is 14.1. The number of anilines is 1. The lowest BCUT2D eigenvalue weighted by atomic mass is 10.1. The van der Waals surface area contributed by atoms with E-state index in [2.05, 4.69) is 25.6 Å². The zero-order chi connectivity index (χ0) is 19.9. The maximum absolute atomic E-state index is 4.31. The molecule has 150 valence electrons. The second-order valence-electron chi connectivity index (χ2n) is 7.38. The fourth-order valence-corrected chi connectivity index (χ4v) is 3.81. The Hall–Kier alpha value is -3.15. The minimum atomic E-state index is 0.750. The summed E-state index contributed by atoms with van der Waals surface area (Å²) in [7, 11) is 1.83. The third kappa shape index (κ3) is 4.47. The Morgan fingerprint density at radius 3 is 2.24 bits per heavy atom. The quantitative estimate of drug-likeness (QED) is 0.449. The van der Waals surface area contributed by atoms with Gasteiger partial charge in [0.1, 0.15) is 5.82 Å². The van der Waals surface area contributed by atoms with E-state index in [9.17, 15) is 0 Å².